The van der Waals surface area contributed by atoms with Gasteiger partial charge in [0.1, 0.15) is 5.75 Å². The van der Waals surface area contributed by atoms with Gasteiger partial charge in [-0.15, -0.1) is 0 Å². The van der Waals surface area contributed by atoms with Gasteiger partial charge in [0.2, 0.25) is 5.75 Å². The van der Waals surface area contributed by atoms with Gasteiger partial charge in [0.25, 0.3) is 0 Å². The van der Waals surface area contributed by atoms with Crippen molar-refractivity contribution in [3.05, 3.63) is 51.5 Å². The number of ether oxygens (including phenoxy) is 3. The molecule has 0 saturated heterocycles. The molecule has 5 nitrogen and oxygen atoms in total. The third kappa shape index (κ3) is 5.76. The molecule has 156 valence electrons. The molecule has 2 aromatic rings. The molecule has 2 rings (SSSR count). The van der Waals surface area contributed by atoms with E-state index >= 15 is 0 Å². The first kappa shape index (κ1) is 22.8. The minimum Gasteiger partial charge on any atom is -0.507 e. The number of hydrogen-bond acceptors (Lipinski definition) is 5. The smallest absolute Gasteiger partial charge is 0.203 e. The zero-order valence-corrected chi connectivity index (χ0v) is 18.8. The van der Waals surface area contributed by atoms with E-state index < -0.39 is 0 Å². The Kier molecular flexibility index (Phi) is 8.58. The predicted octanol–water partition coefficient (Wildman–Crippen LogP) is 5.81. The summed E-state index contributed by atoms with van der Waals surface area (Å²) in [4.78, 5) is 12.6. The van der Waals surface area contributed by atoms with Crippen molar-refractivity contribution >= 4 is 27.8 Å². The van der Waals surface area contributed by atoms with E-state index in [0.717, 1.165) is 34.9 Å². The van der Waals surface area contributed by atoms with Crippen LogP contribution in [0.25, 0.3) is 6.08 Å². The number of allylic oxidation sites excluding steroid dienone is 1. The molecule has 0 aromatic heterocycles. The molecular weight excluding hydrogens is 436 g/mol. The first-order valence-electron chi connectivity index (χ1n) is 9.57. The number of methoxy groups -OCH3 is 2. The highest BCUT2D eigenvalue weighted by atomic mass is 79.9. The van der Waals surface area contributed by atoms with Crippen LogP contribution in [0.1, 0.15) is 48.2 Å². The van der Waals surface area contributed by atoms with Crippen molar-refractivity contribution in [2.45, 2.75) is 33.1 Å². The molecule has 29 heavy (non-hydrogen) atoms. The number of benzene rings is 2. The van der Waals surface area contributed by atoms with Crippen LogP contribution in [-0.2, 0) is 6.42 Å². The van der Waals surface area contributed by atoms with Crippen LogP contribution in [0.2, 0.25) is 0 Å². The van der Waals surface area contributed by atoms with Crippen molar-refractivity contribution in [3.63, 3.8) is 0 Å². The Morgan fingerprint density at radius 3 is 2.31 bits per heavy atom. The summed E-state index contributed by atoms with van der Waals surface area (Å²) in [5.41, 5.74) is 1.90. The molecule has 0 unspecified atom stereocenters. The molecule has 0 amide bonds. The molecule has 6 heteroatoms. The number of phenolic OH excluding ortho intramolecular Hbond substituents is 1. The van der Waals surface area contributed by atoms with Crippen molar-refractivity contribution in [2.75, 3.05) is 20.8 Å². The molecule has 0 fully saturated rings. The summed E-state index contributed by atoms with van der Waals surface area (Å²) in [7, 11) is 3.12. The summed E-state index contributed by atoms with van der Waals surface area (Å²) in [5.74, 6) is 1.28. The average molecular weight is 463 g/mol. The molecule has 2 aromatic carbocycles. The van der Waals surface area contributed by atoms with Crippen LogP contribution < -0.4 is 14.2 Å². The van der Waals surface area contributed by atoms with E-state index in [1.807, 2.05) is 6.92 Å². The van der Waals surface area contributed by atoms with Crippen LogP contribution in [0.3, 0.4) is 0 Å². The van der Waals surface area contributed by atoms with Crippen LogP contribution in [0.15, 0.2) is 34.8 Å². The standard InChI is InChI=1S/C23H27BrO5/c1-5-7-10-29-23-21(27-3)11-15(12-22(23)28-4)8-9-19(25)17-14-18(24)16(6-2)13-20(17)26/h8-9,11-14,26H,5-7,10H2,1-4H3/b9-8+. The molecule has 1 N–H and O–H groups in total. The summed E-state index contributed by atoms with van der Waals surface area (Å²) in [6.45, 7) is 4.64. The van der Waals surface area contributed by atoms with Crippen molar-refractivity contribution in [1.82, 2.24) is 0 Å². The monoisotopic (exact) mass is 462 g/mol. The second kappa shape index (κ2) is 10.9. The molecule has 0 aliphatic rings. The lowest BCUT2D eigenvalue weighted by molar-refractivity contribution is 0.104. The van der Waals surface area contributed by atoms with E-state index in [1.165, 1.54) is 6.08 Å². The molecule has 0 spiro atoms. The molecule has 0 bridgehead atoms. The fourth-order valence-corrected chi connectivity index (χ4v) is 3.42. The summed E-state index contributed by atoms with van der Waals surface area (Å²) >= 11 is 3.44. The number of rotatable bonds is 10. The molecule has 0 saturated carbocycles. The van der Waals surface area contributed by atoms with Crippen molar-refractivity contribution in [1.29, 1.82) is 0 Å². The zero-order valence-electron chi connectivity index (χ0n) is 17.3. The Balaban J connectivity index is 2.30. The van der Waals surface area contributed by atoms with Gasteiger partial charge in [-0.25, -0.2) is 0 Å². The normalized spacial score (nSPS) is 10.9. The minimum atomic E-state index is -0.299. The van der Waals surface area contributed by atoms with E-state index in [1.54, 1.807) is 44.6 Å². The lowest BCUT2D eigenvalue weighted by Crippen LogP contribution is -2.02. The van der Waals surface area contributed by atoms with Crippen LogP contribution in [0.4, 0.5) is 0 Å². The molecule has 0 atom stereocenters. The number of unbranched alkanes of at least 4 members (excludes halogenated alkanes) is 1. The number of phenols is 1. The number of carbonyl (C=O) groups excluding carboxylic acids is 1. The number of carbonyl (C=O) groups is 1. The summed E-state index contributed by atoms with van der Waals surface area (Å²) in [6, 6.07) is 6.82. The van der Waals surface area contributed by atoms with Crippen LogP contribution >= 0.6 is 15.9 Å². The van der Waals surface area contributed by atoms with Crippen LogP contribution in [0, 0.1) is 0 Å². The molecule has 0 heterocycles. The maximum atomic E-state index is 12.6. The third-order valence-corrected chi connectivity index (χ3v) is 5.20. The van der Waals surface area contributed by atoms with Gasteiger partial charge in [0.05, 0.1) is 26.4 Å². The van der Waals surface area contributed by atoms with Gasteiger partial charge in [-0.1, -0.05) is 42.3 Å². The van der Waals surface area contributed by atoms with Crippen LogP contribution in [-0.4, -0.2) is 31.7 Å². The fraction of sp³-hybridized carbons (Fsp3) is 0.348. The van der Waals surface area contributed by atoms with Gasteiger partial charge < -0.3 is 19.3 Å². The minimum absolute atomic E-state index is 0.0328. The molecule has 0 aliphatic carbocycles. The fourth-order valence-electron chi connectivity index (χ4n) is 2.79. The van der Waals surface area contributed by atoms with Crippen molar-refractivity contribution < 1.29 is 24.1 Å². The topological polar surface area (TPSA) is 65.0 Å². The first-order valence-corrected chi connectivity index (χ1v) is 10.4. The Morgan fingerprint density at radius 1 is 1.10 bits per heavy atom. The van der Waals surface area contributed by atoms with E-state index in [9.17, 15) is 9.90 Å². The highest BCUT2D eigenvalue weighted by Crippen LogP contribution is 2.39. The van der Waals surface area contributed by atoms with E-state index in [2.05, 4.69) is 22.9 Å². The number of halogens is 1. The van der Waals surface area contributed by atoms with E-state index in [-0.39, 0.29) is 17.1 Å². The highest BCUT2D eigenvalue weighted by molar-refractivity contribution is 9.10. The van der Waals surface area contributed by atoms with Crippen molar-refractivity contribution in [3.8, 4) is 23.0 Å². The van der Waals surface area contributed by atoms with E-state index in [4.69, 9.17) is 14.2 Å². The summed E-state index contributed by atoms with van der Waals surface area (Å²) in [5, 5.41) is 10.2. The lowest BCUT2D eigenvalue weighted by atomic mass is 10.0. The van der Waals surface area contributed by atoms with Gasteiger partial charge in [0, 0.05) is 4.47 Å². The highest BCUT2D eigenvalue weighted by Gasteiger charge is 2.15. The van der Waals surface area contributed by atoms with Gasteiger partial charge in [-0.2, -0.15) is 0 Å². The van der Waals surface area contributed by atoms with Gasteiger partial charge >= 0.3 is 0 Å². The number of aryl methyl sites for hydroxylation is 1. The second-order valence-electron chi connectivity index (χ2n) is 6.47. The third-order valence-electron chi connectivity index (χ3n) is 4.47. The predicted molar refractivity (Wildman–Crippen MR) is 118 cm³/mol. The maximum absolute atomic E-state index is 12.6. The number of aromatic hydroxyl groups is 1. The number of ketones is 1. The van der Waals surface area contributed by atoms with Gasteiger partial charge in [-0.3, -0.25) is 4.79 Å². The largest absolute Gasteiger partial charge is 0.507 e. The van der Waals surface area contributed by atoms with Gasteiger partial charge in [-0.05, 0) is 54.3 Å². The van der Waals surface area contributed by atoms with E-state index in [0.29, 0.717) is 23.9 Å². The SMILES string of the molecule is CCCCOc1c(OC)cc(/C=C/C(=O)c2cc(Br)c(CC)cc2O)cc1OC. The molecule has 0 radical (unpaired) electrons. The number of hydrogen-bond donors (Lipinski definition) is 1. The molecular formula is C23H27BrO5. The maximum Gasteiger partial charge on any atom is 0.203 e. The summed E-state index contributed by atoms with van der Waals surface area (Å²) in [6.07, 6.45) is 5.78. The Hall–Kier alpha value is -2.47. The zero-order chi connectivity index (χ0) is 21.4. The quantitative estimate of drug-likeness (QED) is 0.274. The van der Waals surface area contributed by atoms with Crippen LogP contribution in [0.5, 0.6) is 23.0 Å². The second-order valence-corrected chi connectivity index (χ2v) is 7.32. The lowest BCUT2D eigenvalue weighted by Gasteiger charge is -2.15. The Morgan fingerprint density at radius 2 is 1.76 bits per heavy atom. The van der Waals surface area contributed by atoms with Gasteiger partial charge in [0.15, 0.2) is 17.3 Å². The van der Waals surface area contributed by atoms with Crippen molar-refractivity contribution in [2.24, 2.45) is 0 Å². The Bertz CT molecular complexity index is 864. The summed E-state index contributed by atoms with van der Waals surface area (Å²) < 4.78 is 17.5. The Labute approximate surface area is 180 Å². The first-order chi connectivity index (χ1) is 13.9. The molecule has 0 aliphatic heterocycles. The average Bonchev–Trinajstić information content (AvgIpc) is 2.73.